The minimum Gasteiger partial charge on any atom is -0.338 e. The average molecular weight is 349 g/mol. The van der Waals surface area contributed by atoms with Gasteiger partial charge in [0, 0.05) is 33.2 Å². The highest BCUT2D eigenvalue weighted by Gasteiger charge is 2.12. The fourth-order valence-electron chi connectivity index (χ4n) is 2.75. The Morgan fingerprint density at radius 1 is 1.12 bits per heavy atom. The maximum atomic E-state index is 11.7. The Bertz CT molecular complexity index is 1130. The van der Waals surface area contributed by atoms with Gasteiger partial charge < -0.3 is 5.32 Å². The molecule has 0 aliphatic heterocycles. The van der Waals surface area contributed by atoms with E-state index in [0.717, 1.165) is 16.5 Å². The second-order valence-corrected chi connectivity index (χ2v) is 6.11. The lowest BCUT2D eigenvalue weighted by Gasteiger charge is -2.11. The third-order valence-corrected chi connectivity index (χ3v) is 4.19. The summed E-state index contributed by atoms with van der Waals surface area (Å²) in [4.78, 5) is 24.9. The number of halogens is 1. The van der Waals surface area contributed by atoms with E-state index in [1.165, 1.54) is 13.3 Å². The number of hydrogen-bond donors (Lipinski definition) is 1. The zero-order valence-corrected chi connectivity index (χ0v) is 14.1. The van der Waals surface area contributed by atoms with Crippen molar-refractivity contribution < 1.29 is 4.79 Å². The smallest absolute Gasteiger partial charge is 0.159 e. The van der Waals surface area contributed by atoms with Crippen LogP contribution in [0.3, 0.4) is 0 Å². The summed E-state index contributed by atoms with van der Waals surface area (Å²) in [7, 11) is 0. The first kappa shape index (κ1) is 15.5. The van der Waals surface area contributed by atoms with Crippen molar-refractivity contribution >= 4 is 50.7 Å². The lowest BCUT2D eigenvalue weighted by atomic mass is 10.1. The summed E-state index contributed by atoms with van der Waals surface area (Å²) in [6, 6.07) is 12.8. The van der Waals surface area contributed by atoms with E-state index in [9.17, 15) is 4.79 Å². The molecule has 0 spiro atoms. The van der Waals surface area contributed by atoms with E-state index in [1.54, 1.807) is 24.4 Å². The molecule has 4 aromatic rings. The van der Waals surface area contributed by atoms with Gasteiger partial charge in [0.15, 0.2) is 11.6 Å². The first-order chi connectivity index (χ1) is 12.1. The normalized spacial score (nSPS) is 11.0. The molecule has 122 valence electrons. The highest BCUT2D eigenvalue weighted by molar-refractivity contribution is 6.30. The number of fused-ring (bicyclic) bond motifs is 3. The van der Waals surface area contributed by atoms with Gasteiger partial charge in [0.05, 0.1) is 5.52 Å². The Kier molecular flexibility index (Phi) is 3.78. The summed E-state index contributed by atoms with van der Waals surface area (Å²) in [6.07, 6.45) is 3.24. The number of ketones is 1. The number of hydrogen-bond acceptors (Lipinski definition) is 5. The number of pyridine rings is 1. The van der Waals surface area contributed by atoms with Gasteiger partial charge in [-0.25, -0.2) is 15.0 Å². The molecule has 0 saturated heterocycles. The number of carbonyl (C=O) groups is 1. The predicted octanol–water partition coefficient (Wildman–Crippen LogP) is 4.78. The van der Waals surface area contributed by atoms with Gasteiger partial charge in [-0.05, 0) is 31.2 Å². The molecule has 0 unspecified atom stereocenters. The van der Waals surface area contributed by atoms with Crippen molar-refractivity contribution in [2.45, 2.75) is 6.92 Å². The van der Waals surface area contributed by atoms with Crippen molar-refractivity contribution in [2.24, 2.45) is 0 Å². The fraction of sp³-hybridized carbons (Fsp3) is 0.0526. The lowest BCUT2D eigenvalue weighted by Crippen LogP contribution is -1.99. The molecule has 5 nitrogen and oxygen atoms in total. The van der Waals surface area contributed by atoms with E-state index < -0.39 is 0 Å². The maximum Gasteiger partial charge on any atom is 0.159 e. The van der Waals surface area contributed by atoms with Gasteiger partial charge in [-0.2, -0.15) is 0 Å². The van der Waals surface area contributed by atoms with Crippen molar-refractivity contribution in [3.63, 3.8) is 0 Å². The standard InChI is InChI=1S/C19H13ClN4O/c1-11(25)12-5-6-15-16-9-21-10-22-18(16)19(24-17(15)7-12)23-14-4-2-3-13(20)8-14/h2-10H,1H3,(H,23,24). The number of benzene rings is 2. The average Bonchev–Trinajstić information content (AvgIpc) is 2.61. The van der Waals surface area contributed by atoms with Crippen LogP contribution >= 0.6 is 11.6 Å². The predicted molar refractivity (Wildman–Crippen MR) is 99.6 cm³/mol. The van der Waals surface area contributed by atoms with E-state index >= 15 is 0 Å². The highest BCUT2D eigenvalue weighted by Crippen LogP contribution is 2.30. The van der Waals surface area contributed by atoms with E-state index in [2.05, 4.69) is 20.3 Å². The molecule has 0 aliphatic rings. The number of anilines is 2. The minimum atomic E-state index is -0.00235. The van der Waals surface area contributed by atoms with Gasteiger partial charge in [0.1, 0.15) is 11.8 Å². The molecule has 2 aromatic heterocycles. The van der Waals surface area contributed by atoms with Crippen LogP contribution in [0.15, 0.2) is 55.0 Å². The van der Waals surface area contributed by atoms with Crippen LogP contribution in [0.5, 0.6) is 0 Å². The van der Waals surface area contributed by atoms with Crippen molar-refractivity contribution in [2.75, 3.05) is 5.32 Å². The molecule has 4 rings (SSSR count). The quantitative estimate of drug-likeness (QED) is 0.426. The number of aromatic nitrogens is 3. The van der Waals surface area contributed by atoms with Gasteiger partial charge in [-0.3, -0.25) is 4.79 Å². The molecular weight excluding hydrogens is 336 g/mol. The third kappa shape index (κ3) is 2.90. The van der Waals surface area contributed by atoms with E-state index in [-0.39, 0.29) is 5.78 Å². The number of Topliss-reactive ketones (excluding diaryl/α,β-unsaturated/α-hetero) is 1. The largest absolute Gasteiger partial charge is 0.338 e. The molecule has 2 heterocycles. The van der Waals surface area contributed by atoms with Crippen molar-refractivity contribution in [1.82, 2.24) is 15.0 Å². The molecule has 0 atom stereocenters. The van der Waals surface area contributed by atoms with Crippen LogP contribution in [-0.4, -0.2) is 20.7 Å². The molecule has 25 heavy (non-hydrogen) atoms. The molecule has 0 saturated carbocycles. The van der Waals surface area contributed by atoms with Gasteiger partial charge in [0.2, 0.25) is 0 Å². The van der Waals surface area contributed by atoms with E-state index in [0.29, 0.717) is 27.4 Å². The Morgan fingerprint density at radius 3 is 2.80 bits per heavy atom. The zero-order valence-electron chi connectivity index (χ0n) is 13.3. The van der Waals surface area contributed by atoms with Crippen LogP contribution in [0.2, 0.25) is 5.02 Å². The second-order valence-electron chi connectivity index (χ2n) is 5.67. The summed E-state index contributed by atoms with van der Waals surface area (Å²) in [6.45, 7) is 1.54. The molecule has 0 fully saturated rings. The van der Waals surface area contributed by atoms with Crippen molar-refractivity contribution in [1.29, 1.82) is 0 Å². The monoisotopic (exact) mass is 348 g/mol. The van der Waals surface area contributed by atoms with E-state index in [4.69, 9.17) is 11.6 Å². The summed E-state index contributed by atoms with van der Waals surface area (Å²) < 4.78 is 0. The van der Waals surface area contributed by atoms with Crippen LogP contribution in [0.1, 0.15) is 17.3 Å². The van der Waals surface area contributed by atoms with Gasteiger partial charge in [0.25, 0.3) is 0 Å². The van der Waals surface area contributed by atoms with Crippen LogP contribution < -0.4 is 5.32 Å². The van der Waals surface area contributed by atoms with Crippen LogP contribution in [0.25, 0.3) is 21.8 Å². The molecule has 1 N–H and O–H groups in total. The number of nitrogens with one attached hydrogen (secondary N) is 1. The molecule has 2 aromatic carbocycles. The number of nitrogens with zero attached hydrogens (tertiary/aromatic N) is 3. The molecule has 0 amide bonds. The Balaban J connectivity index is 1.96. The van der Waals surface area contributed by atoms with Crippen LogP contribution in [-0.2, 0) is 0 Å². The third-order valence-electron chi connectivity index (χ3n) is 3.95. The van der Waals surface area contributed by atoms with Crippen LogP contribution in [0.4, 0.5) is 11.5 Å². The van der Waals surface area contributed by atoms with Gasteiger partial charge >= 0.3 is 0 Å². The zero-order chi connectivity index (χ0) is 17.4. The lowest BCUT2D eigenvalue weighted by molar-refractivity contribution is 0.101. The van der Waals surface area contributed by atoms with Gasteiger partial charge in [-0.1, -0.05) is 29.8 Å². The van der Waals surface area contributed by atoms with Crippen molar-refractivity contribution in [3.8, 4) is 0 Å². The molecule has 6 heteroatoms. The SMILES string of the molecule is CC(=O)c1ccc2c(c1)nc(Nc1cccc(Cl)c1)c1ncncc12. The highest BCUT2D eigenvalue weighted by atomic mass is 35.5. The fourth-order valence-corrected chi connectivity index (χ4v) is 2.94. The Hall–Kier alpha value is -3.05. The topological polar surface area (TPSA) is 67.8 Å². The van der Waals surface area contributed by atoms with Crippen LogP contribution in [0, 0.1) is 0 Å². The number of carbonyl (C=O) groups excluding carboxylic acids is 1. The Labute approximate surface area is 148 Å². The minimum absolute atomic E-state index is 0.00235. The van der Waals surface area contributed by atoms with Gasteiger partial charge in [-0.15, -0.1) is 0 Å². The Morgan fingerprint density at radius 2 is 2.00 bits per heavy atom. The molecule has 0 radical (unpaired) electrons. The molecule has 0 aliphatic carbocycles. The number of rotatable bonds is 3. The van der Waals surface area contributed by atoms with Crippen molar-refractivity contribution in [3.05, 3.63) is 65.6 Å². The first-order valence-corrected chi connectivity index (χ1v) is 8.06. The molecular formula is C19H13ClN4O. The second kappa shape index (κ2) is 6.11. The summed E-state index contributed by atoms with van der Waals surface area (Å²) in [5.74, 6) is 0.588. The molecule has 0 bridgehead atoms. The summed E-state index contributed by atoms with van der Waals surface area (Å²) in [5, 5.41) is 5.65. The first-order valence-electron chi connectivity index (χ1n) is 7.69. The summed E-state index contributed by atoms with van der Waals surface area (Å²) >= 11 is 6.06. The van der Waals surface area contributed by atoms with E-state index in [1.807, 2.05) is 24.3 Å². The maximum absolute atomic E-state index is 11.7. The summed E-state index contributed by atoms with van der Waals surface area (Å²) in [5.41, 5.74) is 2.84.